The number of rotatable bonds is 3. The Hall–Kier alpha value is -1.11. The van der Waals surface area contributed by atoms with Crippen molar-refractivity contribution >= 4 is 43.4 Å². The molecule has 7 heteroatoms. The van der Waals surface area contributed by atoms with E-state index in [1.165, 1.54) is 18.3 Å². The third-order valence-corrected chi connectivity index (χ3v) is 4.87. The summed E-state index contributed by atoms with van der Waals surface area (Å²) in [4.78, 5) is 4.08. The lowest BCUT2D eigenvalue weighted by Crippen LogP contribution is -2.14. The van der Waals surface area contributed by atoms with Gasteiger partial charge in [0, 0.05) is 10.7 Å². The summed E-state index contributed by atoms with van der Waals surface area (Å²) in [5.74, 6) is 0.227. The second-order valence-corrected chi connectivity index (χ2v) is 6.85. The zero-order valence-electron chi connectivity index (χ0n) is 9.89. The summed E-state index contributed by atoms with van der Waals surface area (Å²) in [7, 11) is -3.64. The fourth-order valence-corrected chi connectivity index (χ4v) is 2.87. The molecule has 4 nitrogen and oxygen atoms in total. The SMILES string of the molecule is Cc1cc(S(=O)(=O)Nc2ccc(Cl)cn2)ccc1Br. The number of aryl methyl sites for hydroxylation is 1. The van der Waals surface area contributed by atoms with Crippen LogP contribution < -0.4 is 4.72 Å². The van der Waals surface area contributed by atoms with Crippen LogP contribution in [-0.4, -0.2) is 13.4 Å². The van der Waals surface area contributed by atoms with Crippen LogP contribution in [0.5, 0.6) is 0 Å². The molecule has 1 aromatic heterocycles. The van der Waals surface area contributed by atoms with E-state index in [0.29, 0.717) is 5.02 Å². The van der Waals surface area contributed by atoms with Gasteiger partial charge in [0.15, 0.2) is 0 Å². The number of nitrogens with zero attached hydrogens (tertiary/aromatic N) is 1. The zero-order chi connectivity index (χ0) is 14.0. The minimum absolute atomic E-state index is 0.185. The molecular formula is C12H10BrClN2O2S. The van der Waals surface area contributed by atoms with Gasteiger partial charge in [0.05, 0.1) is 9.92 Å². The van der Waals surface area contributed by atoms with Crippen molar-refractivity contribution < 1.29 is 8.42 Å². The van der Waals surface area contributed by atoms with E-state index < -0.39 is 10.0 Å². The van der Waals surface area contributed by atoms with E-state index in [0.717, 1.165) is 10.0 Å². The fraction of sp³-hybridized carbons (Fsp3) is 0.0833. The molecule has 0 aliphatic heterocycles. The van der Waals surface area contributed by atoms with Crippen LogP contribution in [0.3, 0.4) is 0 Å². The molecule has 0 aliphatic rings. The molecular weight excluding hydrogens is 352 g/mol. The molecule has 19 heavy (non-hydrogen) atoms. The molecule has 0 fully saturated rings. The summed E-state index contributed by atoms with van der Waals surface area (Å²) in [5, 5.41) is 0.447. The molecule has 0 unspecified atom stereocenters. The van der Waals surface area contributed by atoms with Gasteiger partial charge in [0.1, 0.15) is 5.82 Å². The maximum Gasteiger partial charge on any atom is 0.263 e. The predicted octanol–water partition coefficient (Wildman–Crippen LogP) is 3.61. The third-order valence-electron chi connectivity index (χ3n) is 2.41. The first-order valence-electron chi connectivity index (χ1n) is 5.29. The Balaban J connectivity index is 2.32. The maximum absolute atomic E-state index is 12.2. The van der Waals surface area contributed by atoms with Crippen LogP contribution in [0.25, 0.3) is 0 Å². The van der Waals surface area contributed by atoms with Crippen molar-refractivity contribution in [3.63, 3.8) is 0 Å². The van der Waals surface area contributed by atoms with Gasteiger partial charge in [-0.05, 0) is 42.8 Å². The molecule has 0 radical (unpaired) electrons. The minimum Gasteiger partial charge on any atom is -0.263 e. The summed E-state index contributed by atoms with van der Waals surface area (Å²) >= 11 is 9.02. The van der Waals surface area contributed by atoms with Gasteiger partial charge in [-0.3, -0.25) is 4.72 Å². The predicted molar refractivity (Wildman–Crippen MR) is 78.9 cm³/mol. The maximum atomic E-state index is 12.2. The zero-order valence-corrected chi connectivity index (χ0v) is 13.1. The molecule has 0 bridgehead atoms. The van der Waals surface area contributed by atoms with Crippen LogP contribution in [-0.2, 0) is 10.0 Å². The molecule has 0 amide bonds. The average Bonchev–Trinajstić information content (AvgIpc) is 2.35. The lowest BCUT2D eigenvalue weighted by atomic mass is 10.2. The quantitative estimate of drug-likeness (QED) is 0.908. The second kappa shape index (κ2) is 5.48. The number of aromatic nitrogens is 1. The molecule has 1 heterocycles. The molecule has 2 rings (SSSR count). The van der Waals surface area contributed by atoms with Gasteiger partial charge in [-0.2, -0.15) is 0 Å². The van der Waals surface area contributed by atoms with Crippen LogP contribution >= 0.6 is 27.5 Å². The number of nitrogens with one attached hydrogen (secondary N) is 1. The van der Waals surface area contributed by atoms with E-state index in [2.05, 4.69) is 25.6 Å². The van der Waals surface area contributed by atoms with Gasteiger partial charge in [-0.15, -0.1) is 0 Å². The molecule has 0 atom stereocenters. The van der Waals surface area contributed by atoms with Crippen LogP contribution in [0.15, 0.2) is 45.9 Å². The summed E-state index contributed by atoms with van der Waals surface area (Å²) < 4.78 is 27.6. The van der Waals surface area contributed by atoms with Crippen molar-refractivity contribution in [1.29, 1.82) is 0 Å². The highest BCUT2D eigenvalue weighted by Crippen LogP contribution is 2.21. The van der Waals surface area contributed by atoms with Crippen LogP contribution in [0.2, 0.25) is 5.02 Å². The smallest absolute Gasteiger partial charge is 0.263 e. The molecule has 100 valence electrons. The van der Waals surface area contributed by atoms with Crippen molar-refractivity contribution in [2.75, 3.05) is 4.72 Å². The van der Waals surface area contributed by atoms with Crippen LogP contribution in [0.4, 0.5) is 5.82 Å². The van der Waals surface area contributed by atoms with Gasteiger partial charge < -0.3 is 0 Å². The lowest BCUT2D eigenvalue weighted by Gasteiger charge is -2.08. The van der Waals surface area contributed by atoms with Crippen LogP contribution in [0, 0.1) is 6.92 Å². The summed E-state index contributed by atoms with van der Waals surface area (Å²) in [6.07, 6.45) is 1.38. The Morgan fingerprint density at radius 3 is 2.58 bits per heavy atom. The van der Waals surface area contributed by atoms with Crippen molar-refractivity contribution in [3.05, 3.63) is 51.6 Å². The van der Waals surface area contributed by atoms with Gasteiger partial charge in [0.25, 0.3) is 10.0 Å². The second-order valence-electron chi connectivity index (χ2n) is 3.88. The van der Waals surface area contributed by atoms with E-state index in [1.54, 1.807) is 18.2 Å². The Morgan fingerprint density at radius 1 is 1.26 bits per heavy atom. The van der Waals surface area contributed by atoms with Gasteiger partial charge in [0.2, 0.25) is 0 Å². The molecule has 0 aliphatic carbocycles. The fourth-order valence-electron chi connectivity index (χ4n) is 1.42. The number of halogens is 2. The van der Waals surface area contributed by atoms with Crippen LogP contribution in [0.1, 0.15) is 5.56 Å². The van der Waals surface area contributed by atoms with E-state index in [9.17, 15) is 8.42 Å². The van der Waals surface area contributed by atoms with Crippen molar-refractivity contribution in [3.8, 4) is 0 Å². The third kappa shape index (κ3) is 3.46. The highest BCUT2D eigenvalue weighted by Gasteiger charge is 2.15. The first kappa shape index (κ1) is 14.3. The van der Waals surface area contributed by atoms with Gasteiger partial charge in [-0.1, -0.05) is 27.5 Å². The Labute approximate surface area is 125 Å². The Morgan fingerprint density at radius 2 is 2.00 bits per heavy atom. The van der Waals surface area contributed by atoms with E-state index in [4.69, 9.17) is 11.6 Å². The summed E-state index contributed by atoms with van der Waals surface area (Å²) in [6, 6.07) is 7.88. The Bertz CT molecular complexity index is 702. The first-order chi connectivity index (χ1) is 8.88. The highest BCUT2D eigenvalue weighted by atomic mass is 79.9. The molecule has 1 N–H and O–H groups in total. The molecule has 2 aromatic rings. The molecule has 0 saturated heterocycles. The van der Waals surface area contributed by atoms with E-state index in [-0.39, 0.29) is 10.7 Å². The van der Waals surface area contributed by atoms with E-state index in [1.807, 2.05) is 6.92 Å². The Kier molecular flexibility index (Phi) is 4.13. The number of benzene rings is 1. The van der Waals surface area contributed by atoms with Crippen molar-refractivity contribution in [2.24, 2.45) is 0 Å². The average molecular weight is 362 g/mol. The normalized spacial score (nSPS) is 11.3. The summed E-state index contributed by atoms with van der Waals surface area (Å²) in [5.41, 5.74) is 0.840. The topological polar surface area (TPSA) is 59.1 Å². The standard InChI is InChI=1S/C12H10BrClN2O2S/c1-8-6-10(3-4-11(8)13)19(17,18)16-12-5-2-9(14)7-15-12/h2-7H,1H3,(H,15,16). The van der Waals surface area contributed by atoms with E-state index >= 15 is 0 Å². The van der Waals surface area contributed by atoms with Gasteiger partial charge in [-0.25, -0.2) is 13.4 Å². The molecule has 0 saturated carbocycles. The minimum atomic E-state index is -3.64. The van der Waals surface area contributed by atoms with Crippen molar-refractivity contribution in [2.45, 2.75) is 11.8 Å². The number of anilines is 1. The van der Waals surface area contributed by atoms with Gasteiger partial charge >= 0.3 is 0 Å². The number of sulfonamides is 1. The first-order valence-corrected chi connectivity index (χ1v) is 7.94. The number of hydrogen-bond donors (Lipinski definition) is 1. The van der Waals surface area contributed by atoms with Crippen molar-refractivity contribution in [1.82, 2.24) is 4.98 Å². The monoisotopic (exact) mass is 360 g/mol. The highest BCUT2D eigenvalue weighted by molar-refractivity contribution is 9.10. The molecule has 0 spiro atoms. The largest absolute Gasteiger partial charge is 0.263 e. The number of hydrogen-bond acceptors (Lipinski definition) is 3. The lowest BCUT2D eigenvalue weighted by molar-refractivity contribution is 0.601. The molecule has 1 aromatic carbocycles. The summed E-state index contributed by atoms with van der Waals surface area (Å²) in [6.45, 7) is 1.82. The number of pyridine rings is 1.